The van der Waals surface area contributed by atoms with E-state index in [1.807, 2.05) is 0 Å². The third-order valence-electron chi connectivity index (χ3n) is 4.27. The van der Waals surface area contributed by atoms with Gasteiger partial charge >= 0.3 is 0 Å². The fourth-order valence-electron chi connectivity index (χ4n) is 3.05. The number of halogens is 1. The van der Waals surface area contributed by atoms with Crippen LogP contribution in [0.15, 0.2) is 47.0 Å². The molecule has 0 bridgehead atoms. The average Bonchev–Trinajstić information content (AvgIpc) is 2.87. The molecule has 0 saturated heterocycles. The zero-order valence-electron chi connectivity index (χ0n) is 13.5. The van der Waals surface area contributed by atoms with Crippen LogP contribution in [0.3, 0.4) is 0 Å². The summed E-state index contributed by atoms with van der Waals surface area (Å²) >= 11 is 0. The number of hydrogen-bond acceptors (Lipinski definition) is 4. The summed E-state index contributed by atoms with van der Waals surface area (Å²) in [7, 11) is 0. The number of oxazole rings is 1. The largest absolute Gasteiger partial charge is 0.438 e. The van der Waals surface area contributed by atoms with E-state index in [0.717, 1.165) is 30.8 Å². The predicted octanol–water partition coefficient (Wildman–Crippen LogP) is 4.14. The first-order chi connectivity index (χ1) is 11.7. The van der Waals surface area contributed by atoms with Crippen LogP contribution in [0.4, 0.5) is 10.1 Å². The first-order valence-electron chi connectivity index (χ1n) is 8.11. The smallest absolute Gasteiger partial charge is 0.245 e. The number of nitrogens with zero attached hydrogens (tertiary/aromatic N) is 3. The zero-order valence-corrected chi connectivity index (χ0v) is 13.5. The van der Waals surface area contributed by atoms with E-state index in [9.17, 15) is 4.39 Å². The quantitative estimate of drug-likeness (QED) is 0.711. The van der Waals surface area contributed by atoms with E-state index >= 15 is 0 Å². The molecule has 4 nitrogen and oxygen atoms in total. The van der Waals surface area contributed by atoms with Gasteiger partial charge in [-0.25, -0.2) is 14.4 Å². The summed E-state index contributed by atoms with van der Waals surface area (Å²) in [5.41, 5.74) is 3.98. The Morgan fingerprint density at radius 2 is 2.12 bits per heavy atom. The van der Waals surface area contributed by atoms with Crippen molar-refractivity contribution in [2.45, 2.75) is 26.3 Å². The average molecular weight is 323 g/mol. The third kappa shape index (κ3) is 2.89. The summed E-state index contributed by atoms with van der Waals surface area (Å²) in [4.78, 5) is 10.9. The maximum absolute atomic E-state index is 13.0. The monoisotopic (exact) mass is 323 g/mol. The SMILES string of the molecule is Cc1cccc(N2CCCc3nc(-c4ccc(F)cn4)oc3C2)c1. The van der Waals surface area contributed by atoms with E-state index in [0.29, 0.717) is 18.1 Å². The van der Waals surface area contributed by atoms with E-state index in [1.54, 1.807) is 6.07 Å². The van der Waals surface area contributed by atoms with Gasteiger partial charge in [0.2, 0.25) is 5.89 Å². The highest BCUT2D eigenvalue weighted by molar-refractivity contribution is 5.51. The molecular weight excluding hydrogens is 305 g/mol. The summed E-state index contributed by atoms with van der Waals surface area (Å²) < 4.78 is 19.0. The van der Waals surface area contributed by atoms with E-state index in [1.165, 1.54) is 23.5 Å². The second-order valence-corrected chi connectivity index (χ2v) is 6.11. The highest BCUT2D eigenvalue weighted by Crippen LogP contribution is 2.28. The first kappa shape index (κ1) is 14.9. The maximum Gasteiger partial charge on any atom is 0.245 e. The third-order valence-corrected chi connectivity index (χ3v) is 4.27. The number of hydrogen-bond donors (Lipinski definition) is 0. The van der Waals surface area contributed by atoms with E-state index < -0.39 is 0 Å². The molecule has 0 unspecified atom stereocenters. The lowest BCUT2D eigenvalue weighted by atomic mass is 10.2. The van der Waals surface area contributed by atoms with Crippen LogP contribution in [0.1, 0.15) is 23.4 Å². The van der Waals surface area contributed by atoms with Crippen LogP contribution in [-0.2, 0) is 13.0 Å². The lowest BCUT2D eigenvalue weighted by molar-refractivity contribution is 0.510. The Bertz CT molecular complexity index is 857. The fourth-order valence-corrected chi connectivity index (χ4v) is 3.05. The minimum atomic E-state index is -0.363. The lowest BCUT2D eigenvalue weighted by Gasteiger charge is -2.22. The summed E-state index contributed by atoms with van der Waals surface area (Å²) in [5.74, 6) is 0.971. The van der Waals surface area contributed by atoms with Gasteiger partial charge < -0.3 is 9.32 Å². The van der Waals surface area contributed by atoms with Crippen LogP contribution in [0.25, 0.3) is 11.6 Å². The molecule has 0 fully saturated rings. The Balaban J connectivity index is 1.64. The van der Waals surface area contributed by atoms with Gasteiger partial charge in [-0.15, -0.1) is 0 Å². The van der Waals surface area contributed by atoms with Crippen LogP contribution in [0.5, 0.6) is 0 Å². The Morgan fingerprint density at radius 3 is 2.92 bits per heavy atom. The molecule has 0 N–H and O–H groups in total. The molecule has 2 aromatic heterocycles. The molecule has 0 amide bonds. The number of benzene rings is 1. The van der Waals surface area contributed by atoms with Gasteiger partial charge in [-0.1, -0.05) is 12.1 Å². The number of aryl methyl sites for hydroxylation is 2. The zero-order chi connectivity index (χ0) is 16.5. The van der Waals surface area contributed by atoms with Gasteiger partial charge in [0.1, 0.15) is 17.3 Å². The Morgan fingerprint density at radius 1 is 1.21 bits per heavy atom. The van der Waals surface area contributed by atoms with Crippen LogP contribution < -0.4 is 4.90 Å². The lowest BCUT2D eigenvalue weighted by Crippen LogP contribution is -2.22. The van der Waals surface area contributed by atoms with Crippen LogP contribution in [0, 0.1) is 12.7 Å². The number of fused-ring (bicyclic) bond motifs is 1. The Labute approximate surface area is 140 Å². The van der Waals surface area contributed by atoms with Crippen molar-refractivity contribution in [3.63, 3.8) is 0 Å². The van der Waals surface area contributed by atoms with E-state index in [-0.39, 0.29) is 5.82 Å². The number of rotatable bonds is 2. The summed E-state index contributed by atoms with van der Waals surface area (Å²) in [6.45, 7) is 3.76. The minimum Gasteiger partial charge on any atom is -0.438 e. The van der Waals surface area contributed by atoms with Gasteiger partial charge in [-0.05, 0) is 49.6 Å². The molecule has 0 saturated carbocycles. The number of pyridine rings is 1. The van der Waals surface area contributed by atoms with Gasteiger partial charge in [0.15, 0.2) is 0 Å². The molecule has 1 aliphatic rings. The van der Waals surface area contributed by atoms with Crippen LogP contribution in [0.2, 0.25) is 0 Å². The van der Waals surface area contributed by atoms with Gasteiger partial charge in [-0.3, -0.25) is 0 Å². The number of aromatic nitrogens is 2. The standard InChI is InChI=1S/C19H18FN3O/c1-13-4-2-5-15(10-13)23-9-3-6-16-18(12-23)24-19(22-16)17-8-7-14(20)11-21-17/h2,4-5,7-8,10-11H,3,6,9,12H2,1H3. The molecule has 122 valence electrons. The molecule has 4 rings (SSSR count). The molecular formula is C19H18FN3O. The first-order valence-corrected chi connectivity index (χ1v) is 8.11. The molecule has 3 aromatic rings. The maximum atomic E-state index is 13.0. The van der Waals surface area contributed by atoms with Crippen LogP contribution in [-0.4, -0.2) is 16.5 Å². The Hall–Kier alpha value is -2.69. The molecule has 0 aliphatic carbocycles. The van der Waals surface area contributed by atoms with Crippen molar-refractivity contribution >= 4 is 5.69 Å². The number of anilines is 1. The molecule has 5 heteroatoms. The van der Waals surface area contributed by atoms with Gasteiger partial charge in [0, 0.05) is 12.2 Å². The molecule has 0 radical (unpaired) electrons. The van der Waals surface area contributed by atoms with Crippen molar-refractivity contribution in [3.8, 4) is 11.6 Å². The van der Waals surface area contributed by atoms with Crippen molar-refractivity contribution in [2.24, 2.45) is 0 Å². The molecule has 0 spiro atoms. The van der Waals surface area contributed by atoms with Crippen LogP contribution >= 0.6 is 0 Å². The molecule has 1 aliphatic heterocycles. The van der Waals surface area contributed by atoms with E-state index in [4.69, 9.17) is 4.42 Å². The summed E-state index contributed by atoms with van der Waals surface area (Å²) in [6.07, 6.45) is 3.08. The Kier molecular flexibility index (Phi) is 3.76. The highest BCUT2D eigenvalue weighted by Gasteiger charge is 2.21. The van der Waals surface area contributed by atoms with Crippen molar-refractivity contribution in [1.29, 1.82) is 0 Å². The van der Waals surface area contributed by atoms with Crippen molar-refractivity contribution < 1.29 is 8.81 Å². The second-order valence-electron chi connectivity index (χ2n) is 6.11. The molecule has 3 heterocycles. The van der Waals surface area contributed by atoms with E-state index in [2.05, 4.69) is 46.1 Å². The van der Waals surface area contributed by atoms with Crippen molar-refractivity contribution in [3.05, 3.63) is 65.4 Å². The van der Waals surface area contributed by atoms with Gasteiger partial charge in [-0.2, -0.15) is 0 Å². The molecule has 1 aromatic carbocycles. The topological polar surface area (TPSA) is 42.2 Å². The second kappa shape index (κ2) is 6.07. The highest BCUT2D eigenvalue weighted by atomic mass is 19.1. The fraction of sp³-hybridized carbons (Fsp3) is 0.263. The molecule has 24 heavy (non-hydrogen) atoms. The normalized spacial score (nSPS) is 14.3. The minimum absolute atomic E-state index is 0.363. The van der Waals surface area contributed by atoms with Gasteiger partial charge in [0.25, 0.3) is 0 Å². The molecule has 0 atom stereocenters. The van der Waals surface area contributed by atoms with Crippen molar-refractivity contribution in [1.82, 2.24) is 9.97 Å². The van der Waals surface area contributed by atoms with Gasteiger partial charge in [0.05, 0.1) is 18.4 Å². The predicted molar refractivity (Wildman–Crippen MR) is 90.2 cm³/mol. The van der Waals surface area contributed by atoms with Crippen molar-refractivity contribution in [2.75, 3.05) is 11.4 Å². The summed E-state index contributed by atoms with van der Waals surface area (Å²) in [6, 6.07) is 11.4. The summed E-state index contributed by atoms with van der Waals surface area (Å²) in [5, 5.41) is 0.